The van der Waals surface area contributed by atoms with E-state index in [0.717, 1.165) is 18.0 Å². The Morgan fingerprint density at radius 3 is 2.64 bits per heavy atom. The zero-order chi connectivity index (χ0) is 15.8. The van der Waals surface area contributed by atoms with E-state index >= 15 is 0 Å². The molecule has 0 saturated heterocycles. The lowest BCUT2D eigenvalue weighted by Gasteiger charge is -2.05. The molecule has 0 fully saturated rings. The second-order valence-corrected chi connectivity index (χ2v) is 4.32. The van der Waals surface area contributed by atoms with Crippen LogP contribution >= 0.6 is 0 Å². The molecule has 1 aliphatic rings. The molecule has 110 valence electrons. The first kappa shape index (κ1) is 15.2. The Bertz CT molecular complexity index is 715. The number of nitrogens with one attached hydrogen (secondary N) is 1. The van der Waals surface area contributed by atoms with Crippen LogP contribution in [-0.4, -0.2) is 30.2 Å². The first-order valence-corrected chi connectivity index (χ1v) is 6.53. The number of benzene rings is 1. The molecule has 0 radical (unpaired) electrons. The highest BCUT2D eigenvalue weighted by molar-refractivity contribution is 6.38. The van der Waals surface area contributed by atoms with Crippen LogP contribution in [0.25, 0.3) is 6.08 Å². The first-order chi connectivity index (χ1) is 10.6. The highest BCUT2D eigenvalue weighted by Gasteiger charge is 2.04. The van der Waals surface area contributed by atoms with Crippen LogP contribution in [0.5, 0.6) is 0 Å². The summed E-state index contributed by atoms with van der Waals surface area (Å²) in [7, 11) is 0. The van der Waals surface area contributed by atoms with Gasteiger partial charge in [-0.25, -0.2) is 9.98 Å². The molecule has 1 aromatic carbocycles. The molecule has 0 spiro atoms. The second kappa shape index (κ2) is 7.58. The molecule has 6 heteroatoms. The summed E-state index contributed by atoms with van der Waals surface area (Å²) in [5.41, 5.74) is 1.38. The Morgan fingerprint density at radius 1 is 0.955 bits per heavy atom. The van der Waals surface area contributed by atoms with Crippen LogP contribution in [0.1, 0.15) is 12.0 Å². The summed E-state index contributed by atoms with van der Waals surface area (Å²) in [4.78, 5) is 41.3. The van der Waals surface area contributed by atoms with Gasteiger partial charge in [-0.05, 0) is 11.6 Å². The van der Waals surface area contributed by atoms with Gasteiger partial charge in [0.05, 0.1) is 12.4 Å². The van der Waals surface area contributed by atoms with Crippen molar-refractivity contribution in [1.82, 2.24) is 0 Å². The molecule has 6 nitrogen and oxygen atoms in total. The van der Waals surface area contributed by atoms with Crippen LogP contribution in [-0.2, 0) is 14.4 Å². The van der Waals surface area contributed by atoms with E-state index in [9.17, 15) is 14.4 Å². The third-order valence-corrected chi connectivity index (χ3v) is 2.66. The number of amides is 3. The van der Waals surface area contributed by atoms with E-state index in [4.69, 9.17) is 0 Å². The van der Waals surface area contributed by atoms with E-state index in [1.54, 1.807) is 36.4 Å². The van der Waals surface area contributed by atoms with Gasteiger partial charge >= 0.3 is 0 Å². The number of allylic oxidation sites excluding steroid dienone is 2. The van der Waals surface area contributed by atoms with E-state index in [2.05, 4.69) is 15.3 Å². The predicted molar refractivity (Wildman–Crippen MR) is 84.9 cm³/mol. The van der Waals surface area contributed by atoms with Gasteiger partial charge in [0.1, 0.15) is 0 Å². The number of carbonyl (C=O) groups is 3. The molecule has 0 saturated carbocycles. The topological polar surface area (TPSA) is 88.0 Å². The molecule has 1 N–H and O–H groups in total. The number of anilines is 1. The Kier molecular flexibility index (Phi) is 5.25. The average Bonchev–Trinajstić information content (AvgIpc) is 2.51. The van der Waals surface area contributed by atoms with Crippen LogP contribution in [0.2, 0.25) is 0 Å². The van der Waals surface area contributed by atoms with Gasteiger partial charge in [-0.3, -0.25) is 14.4 Å². The van der Waals surface area contributed by atoms with Crippen molar-refractivity contribution in [2.75, 3.05) is 5.32 Å². The molecule has 1 aliphatic heterocycles. The second-order valence-electron chi connectivity index (χ2n) is 4.32. The smallest absolute Gasteiger partial charge is 0.288 e. The van der Waals surface area contributed by atoms with Crippen molar-refractivity contribution in [2.45, 2.75) is 6.42 Å². The Balaban J connectivity index is 2.31. The van der Waals surface area contributed by atoms with Crippen molar-refractivity contribution in [3.05, 3.63) is 48.1 Å². The molecule has 0 aromatic heterocycles. The number of carbonyl (C=O) groups excluding carboxylic acids is 3. The van der Waals surface area contributed by atoms with Crippen molar-refractivity contribution in [1.29, 1.82) is 0 Å². The fraction of sp³-hybridized carbons (Fsp3) is 0.0625. The number of para-hydroxylation sites is 1. The van der Waals surface area contributed by atoms with Crippen molar-refractivity contribution in [2.24, 2.45) is 9.98 Å². The van der Waals surface area contributed by atoms with Crippen molar-refractivity contribution < 1.29 is 14.4 Å². The summed E-state index contributed by atoms with van der Waals surface area (Å²) in [6.07, 6.45) is 8.61. The summed E-state index contributed by atoms with van der Waals surface area (Å²) in [6, 6.07) is 7.18. The molecule has 2 rings (SSSR count). The first-order valence-electron chi connectivity index (χ1n) is 6.53. The van der Waals surface area contributed by atoms with Crippen molar-refractivity contribution >= 4 is 41.9 Å². The van der Waals surface area contributed by atoms with E-state index < -0.39 is 17.7 Å². The number of hydrogen-bond acceptors (Lipinski definition) is 3. The molecule has 0 bridgehead atoms. The van der Waals surface area contributed by atoms with Crippen molar-refractivity contribution in [3.63, 3.8) is 0 Å². The van der Waals surface area contributed by atoms with E-state index in [0.29, 0.717) is 5.69 Å². The molecule has 0 unspecified atom stereocenters. The maximum atomic E-state index is 11.7. The van der Waals surface area contributed by atoms with Gasteiger partial charge in [-0.15, -0.1) is 0 Å². The predicted octanol–water partition coefficient (Wildman–Crippen LogP) is 1.79. The van der Waals surface area contributed by atoms with E-state index in [-0.39, 0.29) is 6.42 Å². The van der Waals surface area contributed by atoms with Gasteiger partial charge < -0.3 is 5.32 Å². The number of fused-ring (bicyclic) bond motifs is 1. The quantitative estimate of drug-likeness (QED) is 0.791. The lowest BCUT2D eigenvalue weighted by atomic mass is 10.1. The minimum Gasteiger partial charge on any atom is -0.321 e. The largest absolute Gasteiger partial charge is 0.321 e. The van der Waals surface area contributed by atoms with Crippen LogP contribution in [0.3, 0.4) is 0 Å². The van der Waals surface area contributed by atoms with Crippen LogP contribution in [0.4, 0.5) is 5.69 Å². The van der Waals surface area contributed by atoms with E-state index in [1.807, 2.05) is 12.1 Å². The summed E-state index contributed by atoms with van der Waals surface area (Å²) in [5.74, 6) is -1.78. The number of hydrogen-bond donors (Lipinski definition) is 1. The standard InChI is InChI=1S/C16H13N3O3/c20-14-9-3-1-2-6-12-7-4-5-8-13(12)19-16(22)11-18-15(21)10-17-14/h1-8,10-11H,9H2,(H,19,22)/b3-1+,6-2+,17-10+,18-11+. The zero-order valence-electron chi connectivity index (χ0n) is 11.6. The molecule has 3 amide bonds. The van der Waals surface area contributed by atoms with Gasteiger partial charge in [0.15, 0.2) is 0 Å². The lowest BCUT2D eigenvalue weighted by Crippen LogP contribution is -2.14. The Morgan fingerprint density at radius 2 is 1.77 bits per heavy atom. The fourth-order valence-electron chi connectivity index (χ4n) is 1.66. The molecule has 1 aromatic rings. The SMILES string of the molecule is O=C1/C=N/C(=O)C/C=C/C=C/c2ccccc2NC(=O)/C=N/1. The fourth-order valence-corrected chi connectivity index (χ4v) is 1.66. The molecule has 0 atom stereocenters. The van der Waals surface area contributed by atoms with Crippen LogP contribution in [0.15, 0.2) is 52.5 Å². The van der Waals surface area contributed by atoms with Crippen molar-refractivity contribution in [3.8, 4) is 0 Å². The average molecular weight is 295 g/mol. The lowest BCUT2D eigenvalue weighted by molar-refractivity contribution is -0.117. The number of rotatable bonds is 0. The molecular weight excluding hydrogens is 282 g/mol. The van der Waals surface area contributed by atoms with Gasteiger partial charge in [-0.2, -0.15) is 0 Å². The highest BCUT2D eigenvalue weighted by Crippen LogP contribution is 2.16. The van der Waals surface area contributed by atoms with Gasteiger partial charge in [-0.1, -0.05) is 42.5 Å². The zero-order valence-corrected chi connectivity index (χ0v) is 11.6. The maximum absolute atomic E-state index is 11.7. The number of aliphatic imine (C=N–C) groups is 2. The van der Waals surface area contributed by atoms with E-state index in [1.165, 1.54) is 0 Å². The van der Waals surface area contributed by atoms with Gasteiger partial charge in [0.2, 0.25) is 5.91 Å². The molecule has 22 heavy (non-hydrogen) atoms. The molecular formula is C16H13N3O3. The normalized spacial score (nSPS) is 21.7. The maximum Gasteiger partial charge on any atom is 0.288 e. The summed E-state index contributed by atoms with van der Waals surface area (Å²) < 4.78 is 0. The highest BCUT2D eigenvalue weighted by atomic mass is 16.2. The number of nitrogens with zero attached hydrogens (tertiary/aromatic N) is 2. The minimum absolute atomic E-state index is 0.0800. The Hall–Kier alpha value is -3.15. The third-order valence-electron chi connectivity index (χ3n) is 2.66. The van der Waals surface area contributed by atoms with Gasteiger partial charge in [0.25, 0.3) is 11.8 Å². The molecule has 0 aliphatic carbocycles. The van der Waals surface area contributed by atoms with Gasteiger partial charge in [0, 0.05) is 12.1 Å². The third kappa shape index (κ3) is 4.75. The Labute approximate surface area is 127 Å². The van der Waals surface area contributed by atoms with Crippen LogP contribution in [0, 0.1) is 0 Å². The molecule has 1 heterocycles. The summed E-state index contributed by atoms with van der Waals surface area (Å²) in [5, 5.41) is 2.63. The summed E-state index contributed by atoms with van der Waals surface area (Å²) in [6.45, 7) is 0. The summed E-state index contributed by atoms with van der Waals surface area (Å²) >= 11 is 0. The minimum atomic E-state index is -0.770. The monoisotopic (exact) mass is 295 g/mol. The van der Waals surface area contributed by atoms with Crippen LogP contribution < -0.4 is 5.32 Å².